The third-order valence-corrected chi connectivity index (χ3v) is 5.84. The van der Waals surface area contributed by atoms with Crippen LogP contribution in [0.4, 0.5) is 0 Å². The smallest absolute Gasteiger partial charge is 0.262 e. The molecule has 1 amide bonds. The summed E-state index contributed by atoms with van der Waals surface area (Å²) in [5, 5.41) is 0.525. The molecule has 5 nitrogen and oxygen atoms in total. The molecule has 1 aromatic carbocycles. The Morgan fingerprint density at radius 1 is 1.36 bits per heavy atom. The first-order valence-corrected chi connectivity index (χ1v) is 9.69. The van der Waals surface area contributed by atoms with Crippen molar-refractivity contribution in [3.8, 4) is 0 Å². The van der Waals surface area contributed by atoms with Gasteiger partial charge in [-0.25, -0.2) is 0 Å². The molecule has 25 heavy (non-hydrogen) atoms. The van der Waals surface area contributed by atoms with Crippen molar-refractivity contribution in [2.45, 2.75) is 20.0 Å². The Labute approximate surface area is 162 Å². The lowest BCUT2D eigenvalue weighted by molar-refractivity contribution is 0.0786. The molecule has 0 spiro atoms. The maximum Gasteiger partial charge on any atom is 0.262 e. The summed E-state index contributed by atoms with van der Waals surface area (Å²) < 4.78 is 2.90. The Morgan fingerprint density at radius 2 is 2.12 bits per heavy atom. The van der Waals surface area contributed by atoms with Crippen LogP contribution >= 0.6 is 39.5 Å². The molecule has 1 N–H and O–H groups in total. The number of aromatic nitrogens is 2. The summed E-state index contributed by atoms with van der Waals surface area (Å²) in [4.78, 5) is 30.9. The van der Waals surface area contributed by atoms with Crippen LogP contribution in [0.2, 0.25) is 0 Å². The average molecular weight is 438 g/mol. The van der Waals surface area contributed by atoms with E-state index in [0.717, 1.165) is 8.66 Å². The van der Waals surface area contributed by atoms with Crippen molar-refractivity contribution in [2.24, 2.45) is 0 Å². The van der Waals surface area contributed by atoms with Crippen LogP contribution in [-0.4, -0.2) is 27.4 Å². The van der Waals surface area contributed by atoms with E-state index in [1.165, 1.54) is 4.57 Å². The number of aromatic amines is 1. The number of rotatable bonds is 4. The summed E-state index contributed by atoms with van der Waals surface area (Å²) in [6.45, 7) is 2.90. The van der Waals surface area contributed by atoms with Gasteiger partial charge in [0.05, 0.1) is 21.2 Å². The first-order valence-electron chi connectivity index (χ1n) is 7.67. The molecule has 0 aliphatic rings. The SMILES string of the molecule is CCn1c(=S)[nH]c2cc(C(=O)N(C)Cc3ccc(Br)s3)ccc2c1=O. The number of nitrogens with one attached hydrogen (secondary N) is 1. The number of benzene rings is 1. The van der Waals surface area contributed by atoms with Crippen molar-refractivity contribution >= 4 is 56.3 Å². The number of halogens is 1. The molecular weight excluding hydrogens is 422 g/mol. The minimum atomic E-state index is -0.142. The van der Waals surface area contributed by atoms with Crippen LogP contribution in [-0.2, 0) is 13.1 Å². The predicted octanol–water partition coefficient (Wildman–Crippen LogP) is 4.18. The molecule has 0 radical (unpaired) electrons. The number of carbonyl (C=O) groups excluding carboxylic acids is 1. The highest BCUT2D eigenvalue weighted by Gasteiger charge is 2.15. The van der Waals surface area contributed by atoms with Crippen molar-refractivity contribution in [1.82, 2.24) is 14.5 Å². The predicted molar refractivity (Wildman–Crippen MR) is 107 cm³/mol. The van der Waals surface area contributed by atoms with E-state index in [1.54, 1.807) is 41.5 Å². The molecule has 0 aliphatic carbocycles. The Hall–Kier alpha value is -1.77. The molecule has 0 saturated heterocycles. The largest absolute Gasteiger partial charge is 0.337 e. The zero-order valence-electron chi connectivity index (χ0n) is 13.7. The van der Waals surface area contributed by atoms with Gasteiger partial charge in [-0.2, -0.15) is 0 Å². The van der Waals surface area contributed by atoms with Gasteiger partial charge in [-0.1, -0.05) is 0 Å². The van der Waals surface area contributed by atoms with Crippen LogP contribution in [0.5, 0.6) is 0 Å². The van der Waals surface area contributed by atoms with E-state index in [4.69, 9.17) is 12.2 Å². The van der Waals surface area contributed by atoms with E-state index in [0.29, 0.717) is 34.3 Å². The van der Waals surface area contributed by atoms with Crippen molar-refractivity contribution in [2.75, 3.05) is 7.05 Å². The fourth-order valence-corrected chi connectivity index (χ4v) is 4.50. The highest BCUT2D eigenvalue weighted by atomic mass is 79.9. The molecule has 2 heterocycles. The standard InChI is InChI=1S/C17H16BrN3O2S2/c1-3-21-16(23)12-6-4-10(8-13(12)19-17(21)24)15(22)20(2)9-11-5-7-14(18)25-11/h4-8H,3,9H2,1-2H3,(H,19,24). The second kappa shape index (κ2) is 7.23. The molecule has 0 unspecified atom stereocenters. The number of nitrogens with zero attached hydrogens (tertiary/aromatic N) is 2. The van der Waals surface area contributed by atoms with Gasteiger partial charge in [-0.05, 0) is 65.4 Å². The summed E-state index contributed by atoms with van der Waals surface area (Å²) in [7, 11) is 1.76. The van der Waals surface area contributed by atoms with Crippen LogP contribution < -0.4 is 5.56 Å². The number of hydrogen-bond acceptors (Lipinski definition) is 4. The molecule has 0 aliphatic heterocycles. The number of carbonyl (C=O) groups is 1. The first-order chi connectivity index (χ1) is 11.9. The summed E-state index contributed by atoms with van der Waals surface area (Å²) in [5.41, 5.74) is 0.958. The minimum Gasteiger partial charge on any atom is -0.337 e. The van der Waals surface area contributed by atoms with Crippen molar-refractivity contribution in [3.63, 3.8) is 0 Å². The topological polar surface area (TPSA) is 58.1 Å². The van der Waals surface area contributed by atoms with Crippen LogP contribution in [0.25, 0.3) is 10.9 Å². The van der Waals surface area contributed by atoms with Gasteiger partial charge in [0.15, 0.2) is 4.77 Å². The summed E-state index contributed by atoms with van der Waals surface area (Å²) >= 11 is 10.2. The second-order valence-electron chi connectivity index (χ2n) is 5.61. The van der Waals surface area contributed by atoms with Crippen LogP contribution in [0.15, 0.2) is 38.9 Å². The quantitative estimate of drug-likeness (QED) is 0.622. The third kappa shape index (κ3) is 3.61. The molecule has 2 aromatic heterocycles. The van der Waals surface area contributed by atoms with Gasteiger partial charge in [0.1, 0.15) is 0 Å². The van der Waals surface area contributed by atoms with Crippen LogP contribution in [0.1, 0.15) is 22.2 Å². The van der Waals surface area contributed by atoms with Gasteiger partial charge in [0.2, 0.25) is 0 Å². The second-order valence-corrected chi connectivity index (χ2v) is 8.54. The van der Waals surface area contributed by atoms with Gasteiger partial charge in [0, 0.05) is 24.0 Å². The van der Waals surface area contributed by atoms with Crippen LogP contribution in [0, 0.1) is 4.77 Å². The third-order valence-electron chi connectivity index (χ3n) is 3.91. The molecule has 0 atom stereocenters. The molecule has 130 valence electrons. The highest BCUT2D eigenvalue weighted by molar-refractivity contribution is 9.11. The van der Waals surface area contributed by atoms with E-state index in [-0.39, 0.29) is 11.5 Å². The van der Waals surface area contributed by atoms with Crippen LogP contribution in [0.3, 0.4) is 0 Å². The fraction of sp³-hybridized carbons (Fsp3) is 0.235. The molecular formula is C17H16BrN3O2S2. The fourth-order valence-electron chi connectivity index (χ4n) is 2.64. The van der Waals surface area contributed by atoms with E-state index < -0.39 is 0 Å². The Balaban J connectivity index is 1.94. The molecule has 0 fully saturated rings. The van der Waals surface area contributed by atoms with Gasteiger partial charge in [0.25, 0.3) is 11.5 Å². The normalized spacial score (nSPS) is 11.0. The number of H-pyrrole nitrogens is 1. The summed E-state index contributed by atoms with van der Waals surface area (Å²) in [5.74, 6) is -0.106. The van der Waals surface area contributed by atoms with E-state index >= 15 is 0 Å². The summed E-state index contributed by atoms with van der Waals surface area (Å²) in [6, 6.07) is 9.01. The van der Waals surface area contributed by atoms with Gasteiger partial charge < -0.3 is 9.88 Å². The Kier molecular flexibility index (Phi) is 5.21. The van der Waals surface area contributed by atoms with Gasteiger partial charge >= 0.3 is 0 Å². The van der Waals surface area contributed by atoms with Crippen molar-refractivity contribution in [3.05, 3.63) is 59.7 Å². The molecule has 3 aromatic rings. The lowest BCUT2D eigenvalue weighted by Crippen LogP contribution is -2.26. The maximum atomic E-state index is 12.7. The number of amides is 1. The average Bonchev–Trinajstić information content (AvgIpc) is 2.98. The molecule has 0 saturated carbocycles. The van der Waals surface area contributed by atoms with Gasteiger partial charge in [-0.15, -0.1) is 11.3 Å². The molecule has 3 rings (SSSR count). The Morgan fingerprint density at radius 3 is 2.76 bits per heavy atom. The lowest BCUT2D eigenvalue weighted by atomic mass is 10.1. The van der Waals surface area contributed by atoms with E-state index in [9.17, 15) is 9.59 Å². The van der Waals surface area contributed by atoms with Crippen molar-refractivity contribution in [1.29, 1.82) is 0 Å². The minimum absolute atomic E-state index is 0.106. The number of hydrogen-bond donors (Lipinski definition) is 1. The molecule has 0 bridgehead atoms. The highest BCUT2D eigenvalue weighted by Crippen LogP contribution is 2.23. The number of thiophene rings is 1. The monoisotopic (exact) mass is 437 g/mol. The maximum absolute atomic E-state index is 12.7. The molecule has 8 heteroatoms. The van der Waals surface area contributed by atoms with E-state index in [1.807, 2.05) is 19.1 Å². The Bertz CT molecular complexity index is 1070. The zero-order valence-corrected chi connectivity index (χ0v) is 16.9. The summed E-state index contributed by atoms with van der Waals surface area (Å²) in [6.07, 6.45) is 0. The van der Waals surface area contributed by atoms with E-state index in [2.05, 4.69) is 20.9 Å². The van der Waals surface area contributed by atoms with Gasteiger partial charge in [-0.3, -0.25) is 14.2 Å². The first kappa shape index (κ1) is 18.0. The lowest BCUT2D eigenvalue weighted by Gasteiger charge is -2.16. The zero-order chi connectivity index (χ0) is 18.1. The number of fused-ring (bicyclic) bond motifs is 1. The van der Waals surface area contributed by atoms with Crippen molar-refractivity contribution < 1.29 is 4.79 Å².